The summed E-state index contributed by atoms with van der Waals surface area (Å²) in [6.45, 7) is 0.525. The number of benzene rings is 1. The quantitative estimate of drug-likeness (QED) is 0.467. The van der Waals surface area contributed by atoms with Gasteiger partial charge < -0.3 is 4.90 Å². The van der Waals surface area contributed by atoms with Crippen LogP contribution in [0.5, 0.6) is 0 Å². The predicted octanol–water partition coefficient (Wildman–Crippen LogP) is 2.70. The van der Waals surface area contributed by atoms with Crippen molar-refractivity contribution in [3.63, 3.8) is 0 Å². The minimum absolute atomic E-state index is 0.0207. The SMILES string of the molecule is CN(CCc1ccccn1)C(=O)C=Cc1ccccc1[N+](=O)[O-]. The molecule has 0 saturated carbocycles. The lowest BCUT2D eigenvalue weighted by Gasteiger charge is -2.14. The summed E-state index contributed by atoms with van der Waals surface area (Å²) in [6.07, 6.45) is 5.19. The van der Waals surface area contributed by atoms with Gasteiger partial charge in [0.15, 0.2) is 0 Å². The minimum atomic E-state index is -0.463. The number of amides is 1. The van der Waals surface area contributed by atoms with Gasteiger partial charge in [0.2, 0.25) is 5.91 Å². The molecule has 0 fully saturated rings. The molecule has 2 aromatic rings. The van der Waals surface area contributed by atoms with Gasteiger partial charge in [-0.15, -0.1) is 0 Å². The van der Waals surface area contributed by atoms with Crippen LogP contribution in [-0.2, 0) is 11.2 Å². The third kappa shape index (κ3) is 4.74. The maximum atomic E-state index is 12.1. The van der Waals surface area contributed by atoms with E-state index in [0.29, 0.717) is 18.5 Å². The van der Waals surface area contributed by atoms with Crippen molar-refractivity contribution in [1.82, 2.24) is 9.88 Å². The van der Waals surface area contributed by atoms with Crippen LogP contribution >= 0.6 is 0 Å². The lowest BCUT2D eigenvalue weighted by atomic mass is 10.1. The third-order valence-corrected chi connectivity index (χ3v) is 3.34. The molecule has 0 radical (unpaired) electrons. The first-order chi connectivity index (χ1) is 11.1. The van der Waals surface area contributed by atoms with Crippen LogP contribution in [0, 0.1) is 10.1 Å². The summed E-state index contributed by atoms with van der Waals surface area (Å²) in [4.78, 5) is 28.3. The molecule has 1 heterocycles. The van der Waals surface area contributed by atoms with Crippen LogP contribution in [0.2, 0.25) is 0 Å². The second-order valence-electron chi connectivity index (χ2n) is 4.98. The molecule has 6 nitrogen and oxygen atoms in total. The smallest absolute Gasteiger partial charge is 0.276 e. The number of hydrogen-bond acceptors (Lipinski definition) is 4. The number of aromatic nitrogens is 1. The Morgan fingerprint density at radius 2 is 2.00 bits per heavy atom. The van der Waals surface area contributed by atoms with Crippen LogP contribution in [-0.4, -0.2) is 34.3 Å². The summed E-state index contributed by atoms with van der Waals surface area (Å²) in [7, 11) is 1.69. The van der Waals surface area contributed by atoms with Gasteiger partial charge in [0.05, 0.1) is 10.5 Å². The molecule has 1 aromatic heterocycles. The Hall–Kier alpha value is -3.02. The Bertz CT molecular complexity index is 714. The van der Waals surface area contributed by atoms with Crippen molar-refractivity contribution in [2.75, 3.05) is 13.6 Å². The van der Waals surface area contributed by atoms with Gasteiger partial charge in [0.25, 0.3) is 5.69 Å². The van der Waals surface area contributed by atoms with Gasteiger partial charge in [-0.1, -0.05) is 18.2 Å². The number of nitrogens with zero attached hydrogens (tertiary/aromatic N) is 3. The highest BCUT2D eigenvalue weighted by Gasteiger charge is 2.11. The number of hydrogen-bond donors (Lipinski definition) is 0. The van der Waals surface area contributed by atoms with Crippen LogP contribution in [0.1, 0.15) is 11.3 Å². The molecule has 0 bridgehead atoms. The van der Waals surface area contributed by atoms with Gasteiger partial charge in [-0.05, 0) is 24.3 Å². The topological polar surface area (TPSA) is 76.3 Å². The van der Waals surface area contributed by atoms with Crippen molar-refractivity contribution in [3.05, 3.63) is 76.1 Å². The number of carbonyl (C=O) groups is 1. The van der Waals surface area contributed by atoms with E-state index < -0.39 is 4.92 Å². The second kappa shape index (κ2) is 7.84. The van der Waals surface area contributed by atoms with Crippen molar-refractivity contribution in [3.8, 4) is 0 Å². The van der Waals surface area contributed by atoms with Crippen molar-refractivity contribution in [2.24, 2.45) is 0 Å². The van der Waals surface area contributed by atoms with Gasteiger partial charge >= 0.3 is 0 Å². The molecule has 0 atom stereocenters. The lowest BCUT2D eigenvalue weighted by Crippen LogP contribution is -2.27. The third-order valence-electron chi connectivity index (χ3n) is 3.34. The highest BCUT2D eigenvalue weighted by molar-refractivity contribution is 5.92. The number of rotatable bonds is 6. The van der Waals surface area contributed by atoms with E-state index in [9.17, 15) is 14.9 Å². The molecule has 118 valence electrons. The Balaban J connectivity index is 1.97. The first-order valence-corrected chi connectivity index (χ1v) is 7.14. The molecule has 23 heavy (non-hydrogen) atoms. The van der Waals surface area contributed by atoms with E-state index in [1.807, 2.05) is 18.2 Å². The van der Waals surface area contributed by atoms with Gasteiger partial charge in [-0.3, -0.25) is 19.9 Å². The highest BCUT2D eigenvalue weighted by Crippen LogP contribution is 2.18. The minimum Gasteiger partial charge on any atom is -0.342 e. The van der Waals surface area contributed by atoms with Crippen LogP contribution in [0.25, 0.3) is 6.08 Å². The molecule has 1 aromatic carbocycles. The zero-order chi connectivity index (χ0) is 16.7. The summed E-state index contributed by atoms with van der Waals surface area (Å²) >= 11 is 0. The van der Waals surface area contributed by atoms with E-state index in [1.54, 1.807) is 36.3 Å². The Morgan fingerprint density at radius 3 is 2.70 bits per heavy atom. The number of carbonyl (C=O) groups excluding carboxylic acids is 1. The summed E-state index contributed by atoms with van der Waals surface area (Å²) in [5.74, 6) is -0.209. The summed E-state index contributed by atoms with van der Waals surface area (Å²) in [5.41, 5.74) is 1.30. The van der Waals surface area contributed by atoms with Crippen molar-refractivity contribution < 1.29 is 9.72 Å². The molecule has 0 aliphatic rings. The predicted molar refractivity (Wildman–Crippen MR) is 87.7 cm³/mol. The van der Waals surface area contributed by atoms with Crippen LogP contribution < -0.4 is 0 Å². The fourth-order valence-corrected chi connectivity index (χ4v) is 2.02. The molecule has 1 amide bonds. The van der Waals surface area contributed by atoms with E-state index >= 15 is 0 Å². The fraction of sp³-hybridized carbons (Fsp3) is 0.176. The zero-order valence-electron chi connectivity index (χ0n) is 12.8. The van der Waals surface area contributed by atoms with Crippen molar-refractivity contribution >= 4 is 17.7 Å². The Kier molecular flexibility index (Phi) is 5.57. The maximum absolute atomic E-state index is 12.1. The largest absolute Gasteiger partial charge is 0.342 e. The number of likely N-dealkylation sites (N-methyl/N-ethyl adjacent to an activating group) is 1. The van der Waals surface area contributed by atoms with Gasteiger partial charge in [0.1, 0.15) is 0 Å². The number of nitro groups is 1. The summed E-state index contributed by atoms with van der Waals surface area (Å²) < 4.78 is 0. The van der Waals surface area contributed by atoms with E-state index in [2.05, 4.69) is 4.98 Å². The zero-order valence-corrected chi connectivity index (χ0v) is 12.8. The van der Waals surface area contributed by atoms with Crippen LogP contribution in [0.3, 0.4) is 0 Å². The molecule has 0 aliphatic carbocycles. The molecular formula is C17H17N3O3. The molecule has 0 N–H and O–H groups in total. The number of pyridine rings is 1. The summed E-state index contributed by atoms with van der Waals surface area (Å²) in [5, 5.41) is 10.9. The second-order valence-corrected chi connectivity index (χ2v) is 4.98. The van der Waals surface area contributed by atoms with Gasteiger partial charge in [0, 0.05) is 44.0 Å². The van der Waals surface area contributed by atoms with Crippen LogP contribution in [0.15, 0.2) is 54.7 Å². The first kappa shape index (κ1) is 16.4. The van der Waals surface area contributed by atoms with Gasteiger partial charge in [-0.25, -0.2) is 0 Å². The monoisotopic (exact) mass is 311 g/mol. The lowest BCUT2D eigenvalue weighted by molar-refractivity contribution is -0.385. The van der Waals surface area contributed by atoms with Crippen molar-refractivity contribution in [1.29, 1.82) is 0 Å². The number of para-hydroxylation sites is 1. The number of nitro benzene ring substituents is 1. The highest BCUT2D eigenvalue weighted by atomic mass is 16.6. The Morgan fingerprint density at radius 1 is 1.26 bits per heavy atom. The van der Waals surface area contributed by atoms with E-state index in [1.165, 1.54) is 18.2 Å². The molecule has 0 aliphatic heterocycles. The summed E-state index contributed by atoms with van der Waals surface area (Å²) in [6, 6.07) is 12.0. The van der Waals surface area contributed by atoms with Gasteiger partial charge in [-0.2, -0.15) is 0 Å². The average Bonchev–Trinajstić information content (AvgIpc) is 2.58. The van der Waals surface area contributed by atoms with Crippen molar-refractivity contribution in [2.45, 2.75) is 6.42 Å². The molecule has 0 spiro atoms. The van der Waals surface area contributed by atoms with Crippen LogP contribution in [0.4, 0.5) is 5.69 Å². The normalized spacial score (nSPS) is 10.7. The molecule has 0 unspecified atom stereocenters. The van der Waals surface area contributed by atoms with E-state index in [0.717, 1.165) is 5.69 Å². The fourth-order valence-electron chi connectivity index (χ4n) is 2.02. The standard InChI is InChI=1S/C17H17N3O3/c1-19(13-11-15-7-4-5-12-18-15)17(21)10-9-14-6-2-3-8-16(14)20(22)23/h2-10,12H,11,13H2,1H3. The Labute approximate surface area is 134 Å². The van der Waals surface area contributed by atoms with E-state index in [4.69, 9.17) is 0 Å². The first-order valence-electron chi connectivity index (χ1n) is 7.14. The van der Waals surface area contributed by atoms with E-state index in [-0.39, 0.29) is 11.6 Å². The average molecular weight is 311 g/mol. The molecule has 6 heteroatoms. The molecular weight excluding hydrogens is 294 g/mol. The maximum Gasteiger partial charge on any atom is 0.276 e. The molecule has 0 saturated heterocycles. The molecule has 2 rings (SSSR count).